The van der Waals surface area contributed by atoms with E-state index in [2.05, 4.69) is 47.1 Å². The van der Waals surface area contributed by atoms with E-state index in [-0.39, 0.29) is 5.91 Å². The van der Waals surface area contributed by atoms with Crippen molar-refractivity contribution in [3.63, 3.8) is 0 Å². The van der Waals surface area contributed by atoms with E-state index in [4.69, 9.17) is 9.73 Å². The Labute approximate surface area is 204 Å². The van der Waals surface area contributed by atoms with Crippen LogP contribution in [0.25, 0.3) is 0 Å². The van der Waals surface area contributed by atoms with E-state index in [9.17, 15) is 4.79 Å². The average molecular weight is 563 g/mol. The molecule has 1 fully saturated rings. The van der Waals surface area contributed by atoms with E-state index in [0.29, 0.717) is 16.6 Å². The van der Waals surface area contributed by atoms with Gasteiger partial charge >= 0.3 is 0 Å². The second-order valence-electron chi connectivity index (χ2n) is 6.95. The van der Waals surface area contributed by atoms with Gasteiger partial charge in [-0.05, 0) is 90.2 Å². The van der Waals surface area contributed by atoms with Gasteiger partial charge in [0.25, 0.3) is 5.91 Å². The van der Waals surface area contributed by atoms with E-state index in [1.807, 2.05) is 37.3 Å². The van der Waals surface area contributed by atoms with Gasteiger partial charge in [-0.3, -0.25) is 9.69 Å². The minimum absolute atomic E-state index is 0.0347. The normalized spacial score (nSPS) is 19.4. The molecular formula is C23H22IN3O2S2. The lowest BCUT2D eigenvalue weighted by molar-refractivity contribution is -0.121. The summed E-state index contributed by atoms with van der Waals surface area (Å²) in [6.07, 6.45) is 1.74. The van der Waals surface area contributed by atoms with Crippen molar-refractivity contribution in [3.8, 4) is 5.75 Å². The number of ether oxygens (including phenoxy) is 1. The number of nitrogens with zero attached hydrogens (tertiary/aromatic N) is 3. The molecule has 0 bridgehead atoms. The van der Waals surface area contributed by atoms with Gasteiger partial charge in [-0.25, -0.2) is 4.99 Å². The molecule has 2 aliphatic rings. The monoisotopic (exact) mass is 563 g/mol. The molecule has 8 heteroatoms. The maximum absolute atomic E-state index is 13.4. The molecule has 2 heterocycles. The third-order valence-corrected chi connectivity index (χ3v) is 8.00. The first-order valence-electron chi connectivity index (χ1n) is 9.80. The summed E-state index contributed by atoms with van der Waals surface area (Å²) in [5.74, 6) is 0.774. The molecule has 31 heavy (non-hydrogen) atoms. The van der Waals surface area contributed by atoms with Crippen molar-refractivity contribution < 1.29 is 9.53 Å². The Bertz CT molecular complexity index is 1130. The minimum atomic E-state index is -0.0347. The van der Waals surface area contributed by atoms with Gasteiger partial charge in [-0.15, -0.1) is 6.58 Å². The molecule has 2 aromatic rings. The average Bonchev–Trinajstić information content (AvgIpc) is 3.27. The van der Waals surface area contributed by atoms with Crippen molar-refractivity contribution in [3.05, 3.63) is 68.1 Å². The topological polar surface area (TPSA) is 45.1 Å². The van der Waals surface area contributed by atoms with Crippen LogP contribution in [0.15, 0.2) is 68.9 Å². The first kappa shape index (κ1) is 22.3. The van der Waals surface area contributed by atoms with Crippen LogP contribution < -0.4 is 9.64 Å². The largest absolute Gasteiger partial charge is 0.497 e. The van der Waals surface area contributed by atoms with Crippen LogP contribution in [0.1, 0.15) is 12.5 Å². The van der Waals surface area contributed by atoms with Crippen LogP contribution in [0.3, 0.4) is 0 Å². The number of carbonyl (C=O) groups excluding carboxylic acids is 1. The molecule has 0 aromatic heterocycles. The number of carbonyl (C=O) groups is 1. The highest BCUT2D eigenvalue weighted by molar-refractivity contribution is 14.1. The lowest BCUT2D eigenvalue weighted by atomic mass is 10.2. The number of methoxy groups -OCH3 is 1. The lowest BCUT2D eigenvalue weighted by Crippen LogP contribution is -2.30. The van der Waals surface area contributed by atoms with Gasteiger partial charge in [0.2, 0.25) is 0 Å². The molecule has 0 radical (unpaired) electrons. The Morgan fingerprint density at radius 2 is 2.00 bits per heavy atom. The Hall–Kier alpha value is -1.91. The number of hydrogen-bond donors (Lipinski definition) is 0. The summed E-state index contributed by atoms with van der Waals surface area (Å²) in [7, 11) is 1.66. The number of anilines is 1. The third-order valence-electron chi connectivity index (χ3n) is 4.97. The number of amidine groups is 1. The van der Waals surface area contributed by atoms with Crippen LogP contribution in [0.5, 0.6) is 5.75 Å². The van der Waals surface area contributed by atoms with Crippen LogP contribution >= 0.6 is 46.1 Å². The number of amides is 1. The molecule has 2 aliphatic heterocycles. The summed E-state index contributed by atoms with van der Waals surface area (Å²) in [4.78, 5) is 23.9. The van der Waals surface area contributed by atoms with Crippen molar-refractivity contribution >= 4 is 68.6 Å². The van der Waals surface area contributed by atoms with E-state index in [1.165, 1.54) is 11.8 Å². The highest BCUT2D eigenvalue weighted by atomic mass is 127. The van der Waals surface area contributed by atoms with Crippen molar-refractivity contribution in [2.24, 2.45) is 4.99 Å². The third kappa shape index (κ3) is 4.25. The maximum Gasteiger partial charge on any atom is 0.269 e. The number of aliphatic imine (C=N–C) groups is 1. The molecule has 4 rings (SSSR count). The highest BCUT2D eigenvalue weighted by Gasteiger charge is 2.39. The fraction of sp³-hybridized carbons (Fsp3) is 0.217. The van der Waals surface area contributed by atoms with Crippen molar-refractivity contribution in [2.45, 2.75) is 18.7 Å². The Kier molecular flexibility index (Phi) is 6.68. The molecule has 0 saturated carbocycles. The Morgan fingerprint density at radius 1 is 1.19 bits per heavy atom. The number of thioether (sulfide) groups is 2. The number of hydrogen-bond acceptors (Lipinski definition) is 6. The summed E-state index contributed by atoms with van der Waals surface area (Å²) in [5.41, 5.74) is 3.05. The maximum atomic E-state index is 13.4. The predicted octanol–water partition coefficient (Wildman–Crippen LogP) is 6.16. The molecule has 160 valence electrons. The zero-order valence-corrected chi connectivity index (χ0v) is 21.3. The Morgan fingerprint density at radius 3 is 2.68 bits per heavy atom. The fourth-order valence-corrected chi connectivity index (χ4v) is 6.50. The van der Waals surface area contributed by atoms with Crippen molar-refractivity contribution in [2.75, 3.05) is 25.1 Å². The number of fused-ring (bicyclic) bond motifs is 1. The quantitative estimate of drug-likeness (QED) is 0.248. The van der Waals surface area contributed by atoms with Gasteiger partial charge in [-0.1, -0.05) is 17.8 Å². The molecule has 0 N–H and O–H groups in total. The molecule has 0 aliphatic carbocycles. The summed E-state index contributed by atoms with van der Waals surface area (Å²) < 4.78 is 6.54. The summed E-state index contributed by atoms with van der Waals surface area (Å²) in [6, 6.07) is 12.1. The van der Waals surface area contributed by atoms with Gasteiger partial charge < -0.3 is 9.64 Å². The van der Waals surface area contributed by atoms with E-state index >= 15 is 0 Å². The predicted molar refractivity (Wildman–Crippen MR) is 139 cm³/mol. The zero-order valence-electron chi connectivity index (χ0n) is 17.5. The number of halogens is 1. The second-order valence-corrected chi connectivity index (χ2v) is 10.2. The van der Waals surface area contributed by atoms with Crippen molar-refractivity contribution in [1.82, 2.24) is 4.90 Å². The van der Waals surface area contributed by atoms with Gasteiger partial charge in [0.15, 0.2) is 5.17 Å². The van der Waals surface area contributed by atoms with Gasteiger partial charge in [0.05, 0.1) is 18.5 Å². The molecule has 1 saturated heterocycles. The van der Waals surface area contributed by atoms with E-state index < -0.39 is 0 Å². The number of aryl methyl sites for hydroxylation is 1. The Balaban J connectivity index is 1.77. The fourth-order valence-electron chi connectivity index (χ4n) is 3.43. The first-order chi connectivity index (χ1) is 15.0. The van der Waals surface area contributed by atoms with Crippen LogP contribution in [-0.4, -0.2) is 36.2 Å². The van der Waals surface area contributed by atoms with Crippen molar-refractivity contribution in [1.29, 1.82) is 0 Å². The molecule has 1 amide bonds. The molecule has 2 aromatic carbocycles. The van der Waals surface area contributed by atoms with Crippen LogP contribution in [-0.2, 0) is 4.79 Å². The van der Waals surface area contributed by atoms with Crippen LogP contribution in [0.4, 0.5) is 11.4 Å². The smallest absolute Gasteiger partial charge is 0.269 e. The minimum Gasteiger partial charge on any atom is -0.497 e. The van der Waals surface area contributed by atoms with Crippen LogP contribution in [0, 0.1) is 10.5 Å². The van der Waals surface area contributed by atoms with E-state index in [1.54, 1.807) is 29.8 Å². The number of rotatable bonds is 5. The first-order valence-corrected chi connectivity index (χ1v) is 12.5. The van der Waals surface area contributed by atoms with Gasteiger partial charge in [0, 0.05) is 21.6 Å². The van der Waals surface area contributed by atoms with E-state index in [0.717, 1.165) is 42.7 Å². The standard InChI is InChI=1S/C23H22IN3O2S2/c1-5-11-27-21(28)20(31-23(27)25-17-9-7-15(24)12-14(17)3)22-26(6-2)18-10-8-16(29-4)13-19(18)30-22/h5,7-10,12-13H,1,6,11H2,2-4H3/b22-20+,25-23?. The highest BCUT2D eigenvalue weighted by Crippen LogP contribution is 2.51. The molecule has 0 spiro atoms. The summed E-state index contributed by atoms with van der Waals surface area (Å²) in [6.45, 7) is 9.15. The second kappa shape index (κ2) is 9.30. The molecule has 0 atom stereocenters. The van der Waals surface area contributed by atoms with Gasteiger partial charge in [0.1, 0.15) is 15.7 Å². The zero-order chi connectivity index (χ0) is 22.1. The molecule has 5 nitrogen and oxygen atoms in total. The SMILES string of the molecule is C=CCN1C(=O)/C(=C2\Sc3cc(OC)ccc3N2CC)SC1=Nc1ccc(I)cc1C. The van der Waals surface area contributed by atoms with Crippen LogP contribution in [0.2, 0.25) is 0 Å². The summed E-state index contributed by atoms with van der Waals surface area (Å²) >= 11 is 5.33. The number of benzene rings is 2. The molecule has 0 unspecified atom stereocenters. The van der Waals surface area contributed by atoms with Gasteiger partial charge in [-0.2, -0.15) is 0 Å². The summed E-state index contributed by atoms with van der Waals surface area (Å²) in [5, 5.41) is 1.63. The lowest BCUT2D eigenvalue weighted by Gasteiger charge is -2.19. The molecular weight excluding hydrogens is 541 g/mol.